The van der Waals surface area contributed by atoms with Gasteiger partial charge >= 0.3 is 0 Å². The number of anilines is 1. The number of aryl methyl sites for hydroxylation is 1. The van der Waals surface area contributed by atoms with E-state index >= 15 is 0 Å². The van der Waals surface area contributed by atoms with Crippen molar-refractivity contribution in [3.63, 3.8) is 0 Å². The average molecular weight is 250 g/mol. The molecule has 4 heteroatoms. The number of alkyl halides is 1. The highest BCUT2D eigenvalue weighted by Crippen LogP contribution is 2.16. The zero-order valence-corrected chi connectivity index (χ0v) is 10.6. The molecule has 3 nitrogen and oxygen atoms in total. The number of hydrogen-bond donors (Lipinski definition) is 1. The van der Waals surface area contributed by atoms with Crippen LogP contribution < -0.4 is 5.32 Å². The Morgan fingerprint density at radius 1 is 1.35 bits per heavy atom. The summed E-state index contributed by atoms with van der Waals surface area (Å²) in [5.74, 6) is 1.62. The third kappa shape index (κ3) is 3.01. The predicted molar refractivity (Wildman–Crippen MR) is 71.4 cm³/mol. The van der Waals surface area contributed by atoms with Gasteiger partial charge in [0.25, 0.3) is 0 Å². The summed E-state index contributed by atoms with van der Waals surface area (Å²) in [5.41, 5.74) is 2.24. The minimum atomic E-state index is 0.533. The van der Waals surface area contributed by atoms with Crippen LogP contribution in [0.2, 0.25) is 0 Å². The lowest BCUT2D eigenvalue weighted by Gasteiger charge is -2.10. The molecule has 1 N–H and O–H groups in total. The summed E-state index contributed by atoms with van der Waals surface area (Å²) in [6.45, 7) is 0.860. The number of imidazole rings is 1. The van der Waals surface area contributed by atoms with Crippen molar-refractivity contribution in [2.75, 3.05) is 11.9 Å². The molecule has 0 spiro atoms. The predicted octanol–water partition coefficient (Wildman–Crippen LogP) is 2.81. The van der Waals surface area contributed by atoms with E-state index in [0.29, 0.717) is 5.88 Å². The molecule has 17 heavy (non-hydrogen) atoms. The summed E-state index contributed by atoms with van der Waals surface area (Å²) >= 11 is 5.88. The normalized spacial score (nSPS) is 10.5. The molecular weight excluding hydrogens is 234 g/mol. The fourth-order valence-corrected chi connectivity index (χ4v) is 1.99. The molecule has 1 aromatic carbocycles. The Bertz CT molecular complexity index is 479. The van der Waals surface area contributed by atoms with E-state index in [1.165, 1.54) is 0 Å². The first kappa shape index (κ1) is 12.0. The summed E-state index contributed by atoms with van der Waals surface area (Å²) in [4.78, 5) is 4.29. The maximum Gasteiger partial charge on any atom is 0.110 e. The maximum atomic E-state index is 5.88. The van der Waals surface area contributed by atoms with Gasteiger partial charge in [0.2, 0.25) is 0 Å². The topological polar surface area (TPSA) is 29.9 Å². The fraction of sp³-hybridized carbons (Fsp3) is 0.308. The number of nitrogens with zero attached hydrogens (tertiary/aromatic N) is 2. The summed E-state index contributed by atoms with van der Waals surface area (Å²) in [6.07, 6.45) is 4.68. The van der Waals surface area contributed by atoms with Gasteiger partial charge in [-0.05, 0) is 11.6 Å². The van der Waals surface area contributed by atoms with Gasteiger partial charge < -0.3 is 9.88 Å². The van der Waals surface area contributed by atoms with Gasteiger partial charge in [-0.1, -0.05) is 18.2 Å². The monoisotopic (exact) mass is 249 g/mol. The molecule has 90 valence electrons. The molecule has 0 aliphatic carbocycles. The van der Waals surface area contributed by atoms with Gasteiger partial charge in [-0.2, -0.15) is 0 Å². The lowest BCUT2D eigenvalue weighted by Crippen LogP contribution is -2.09. The lowest BCUT2D eigenvalue weighted by molar-refractivity contribution is 0.789. The highest BCUT2D eigenvalue weighted by Gasteiger charge is 2.01. The Morgan fingerprint density at radius 3 is 2.88 bits per heavy atom. The molecule has 0 radical (unpaired) electrons. The molecule has 2 rings (SSSR count). The minimum Gasteiger partial charge on any atom is -0.384 e. The number of para-hydroxylation sites is 1. The fourth-order valence-electron chi connectivity index (χ4n) is 1.76. The van der Waals surface area contributed by atoms with Crippen molar-refractivity contribution in [1.82, 2.24) is 9.55 Å². The quantitative estimate of drug-likeness (QED) is 0.826. The van der Waals surface area contributed by atoms with Crippen LogP contribution in [-0.4, -0.2) is 16.1 Å². The molecule has 1 heterocycles. The smallest absolute Gasteiger partial charge is 0.110 e. The van der Waals surface area contributed by atoms with E-state index in [0.717, 1.165) is 30.0 Å². The second-order valence-corrected chi connectivity index (χ2v) is 4.19. The summed E-state index contributed by atoms with van der Waals surface area (Å²) in [7, 11) is 2.01. The Kier molecular flexibility index (Phi) is 4.04. The van der Waals surface area contributed by atoms with Gasteiger partial charge in [0.1, 0.15) is 5.82 Å². The van der Waals surface area contributed by atoms with Crippen molar-refractivity contribution in [3.05, 3.63) is 48.0 Å². The third-order valence-electron chi connectivity index (χ3n) is 2.75. The van der Waals surface area contributed by atoms with Crippen molar-refractivity contribution >= 4 is 17.3 Å². The van der Waals surface area contributed by atoms with Crippen LogP contribution in [0.5, 0.6) is 0 Å². The van der Waals surface area contributed by atoms with Gasteiger partial charge in [0.05, 0.1) is 0 Å². The first-order chi connectivity index (χ1) is 8.31. The maximum absolute atomic E-state index is 5.88. The van der Waals surface area contributed by atoms with E-state index in [9.17, 15) is 0 Å². The molecule has 0 saturated carbocycles. The Hall–Kier alpha value is -1.48. The largest absolute Gasteiger partial charge is 0.384 e. The van der Waals surface area contributed by atoms with Crippen molar-refractivity contribution in [3.8, 4) is 0 Å². The zero-order chi connectivity index (χ0) is 12.1. The van der Waals surface area contributed by atoms with Crippen molar-refractivity contribution in [2.24, 2.45) is 7.05 Å². The van der Waals surface area contributed by atoms with Crippen molar-refractivity contribution in [1.29, 1.82) is 0 Å². The van der Waals surface area contributed by atoms with Crippen molar-refractivity contribution in [2.45, 2.75) is 12.3 Å². The molecule has 0 fully saturated rings. The first-order valence-corrected chi connectivity index (χ1v) is 6.18. The SMILES string of the molecule is Cn1ccnc1CCNc1ccccc1CCl. The zero-order valence-electron chi connectivity index (χ0n) is 9.86. The number of nitrogens with one attached hydrogen (secondary N) is 1. The van der Waals surface area contributed by atoms with E-state index in [1.54, 1.807) is 0 Å². The lowest BCUT2D eigenvalue weighted by atomic mass is 10.2. The van der Waals surface area contributed by atoms with Crippen LogP contribution in [0.3, 0.4) is 0 Å². The summed E-state index contributed by atoms with van der Waals surface area (Å²) < 4.78 is 2.04. The number of halogens is 1. The Balaban J connectivity index is 1.92. The van der Waals surface area contributed by atoms with Crippen molar-refractivity contribution < 1.29 is 0 Å². The minimum absolute atomic E-state index is 0.533. The Labute approximate surface area is 106 Å². The van der Waals surface area contributed by atoms with E-state index in [2.05, 4.69) is 16.4 Å². The van der Waals surface area contributed by atoms with Crippen LogP contribution in [0.25, 0.3) is 0 Å². The van der Waals surface area contributed by atoms with Crippen LogP contribution in [-0.2, 0) is 19.3 Å². The molecule has 1 aromatic heterocycles. The molecule has 0 amide bonds. The highest BCUT2D eigenvalue weighted by molar-refractivity contribution is 6.17. The van der Waals surface area contributed by atoms with Crippen LogP contribution in [0.4, 0.5) is 5.69 Å². The molecule has 0 atom stereocenters. The van der Waals surface area contributed by atoms with Crippen LogP contribution in [0.1, 0.15) is 11.4 Å². The number of rotatable bonds is 5. The molecule has 0 aliphatic rings. The molecule has 0 bridgehead atoms. The van der Waals surface area contributed by atoms with Crippen LogP contribution in [0, 0.1) is 0 Å². The van der Waals surface area contributed by atoms with E-state index in [4.69, 9.17) is 11.6 Å². The average Bonchev–Trinajstić information content (AvgIpc) is 2.76. The van der Waals surface area contributed by atoms with Crippen LogP contribution in [0.15, 0.2) is 36.7 Å². The second-order valence-electron chi connectivity index (χ2n) is 3.92. The van der Waals surface area contributed by atoms with Gasteiger partial charge in [0, 0.05) is 44.0 Å². The summed E-state index contributed by atoms with van der Waals surface area (Å²) in [6, 6.07) is 8.10. The Morgan fingerprint density at radius 2 is 2.18 bits per heavy atom. The van der Waals surface area contributed by atoms with E-state index < -0.39 is 0 Å². The third-order valence-corrected chi connectivity index (χ3v) is 3.03. The second kappa shape index (κ2) is 5.73. The van der Waals surface area contributed by atoms with Gasteiger partial charge in [0.15, 0.2) is 0 Å². The molecular formula is C13H16ClN3. The summed E-state index contributed by atoms with van der Waals surface area (Å²) in [5, 5.41) is 3.39. The number of hydrogen-bond acceptors (Lipinski definition) is 2. The van der Waals surface area contributed by atoms with Crippen LogP contribution >= 0.6 is 11.6 Å². The molecule has 0 aliphatic heterocycles. The van der Waals surface area contributed by atoms with E-state index in [1.807, 2.05) is 42.2 Å². The molecule has 0 unspecified atom stereocenters. The standard InChI is InChI=1S/C13H16ClN3/c1-17-9-8-16-13(17)6-7-15-12-5-3-2-4-11(12)10-14/h2-5,8-9,15H,6-7,10H2,1H3. The van der Waals surface area contributed by atoms with Gasteiger partial charge in [-0.15, -0.1) is 11.6 Å². The number of benzene rings is 1. The highest BCUT2D eigenvalue weighted by atomic mass is 35.5. The first-order valence-electron chi connectivity index (χ1n) is 5.65. The van der Waals surface area contributed by atoms with Gasteiger partial charge in [-0.3, -0.25) is 0 Å². The molecule has 0 saturated heterocycles. The molecule has 2 aromatic rings. The van der Waals surface area contributed by atoms with Gasteiger partial charge in [-0.25, -0.2) is 4.98 Å². The van der Waals surface area contributed by atoms with E-state index in [-0.39, 0.29) is 0 Å². The number of aromatic nitrogens is 2.